The summed E-state index contributed by atoms with van der Waals surface area (Å²) in [6, 6.07) is 6.25. The number of hydrogen-bond acceptors (Lipinski definition) is 2. The van der Waals surface area contributed by atoms with Crippen molar-refractivity contribution < 1.29 is 4.74 Å². The Morgan fingerprint density at radius 2 is 2.05 bits per heavy atom. The maximum atomic E-state index is 5.57. The average molecular weight is 274 g/mol. The molecule has 110 valence electrons. The molecule has 0 atom stereocenters. The number of methoxy groups -OCH3 is 1. The zero-order valence-electron chi connectivity index (χ0n) is 13.3. The van der Waals surface area contributed by atoms with Gasteiger partial charge in [-0.3, -0.25) is 0 Å². The molecule has 20 heavy (non-hydrogen) atoms. The molecule has 0 aliphatic carbocycles. The van der Waals surface area contributed by atoms with Crippen LogP contribution in [0.4, 0.5) is 0 Å². The Morgan fingerprint density at radius 3 is 2.70 bits per heavy atom. The molecule has 3 heteroatoms. The Balaban J connectivity index is 2.48. The number of aryl methyl sites for hydroxylation is 1. The standard InChI is InChI=1S/C17H26N2O/c1-6-18-11-10-17(2,3)13-12-19(4)14-8-7-9-15(20-5)16(13)14/h7-9,12,18H,6,10-11H2,1-5H3. The second-order valence-corrected chi connectivity index (χ2v) is 6.00. The van der Waals surface area contributed by atoms with Crippen molar-refractivity contribution in [2.45, 2.75) is 32.6 Å². The van der Waals surface area contributed by atoms with Crippen molar-refractivity contribution in [3.63, 3.8) is 0 Å². The molecule has 1 aromatic carbocycles. The van der Waals surface area contributed by atoms with Gasteiger partial charge in [0.05, 0.1) is 12.6 Å². The Kier molecular flexibility index (Phi) is 4.39. The minimum atomic E-state index is 0.121. The highest BCUT2D eigenvalue weighted by Gasteiger charge is 2.26. The molecule has 0 spiro atoms. The van der Waals surface area contributed by atoms with Gasteiger partial charge in [-0.05, 0) is 42.6 Å². The van der Waals surface area contributed by atoms with Crippen molar-refractivity contribution >= 4 is 10.9 Å². The maximum absolute atomic E-state index is 5.57. The predicted molar refractivity (Wildman–Crippen MR) is 85.7 cm³/mol. The van der Waals surface area contributed by atoms with Gasteiger partial charge in [0.2, 0.25) is 0 Å². The van der Waals surface area contributed by atoms with E-state index in [0.29, 0.717) is 0 Å². The van der Waals surface area contributed by atoms with E-state index in [0.717, 1.165) is 25.3 Å². The lowest BCUT2D eigenvalue weighted by atomic mass is 9.81. The number of nitrogens with one attached hydrogen (secondary N) is 1. The molecular weight excluding hydrogens is 248 g/mol. The molecule has 0 radical (unpaired) electrons. The normalized spacial score (nSPS) is 12.1. The molecule has 3 nitrogen and oxygen atoms in total. The van der Waals surface area contributed by atoms with Crippen LogP contribution in [-0.4, -0.2) is 24.8 Å². The Hall–Kier alpha value is -1.48. The molecule has 0 bridgehead atoms. The van der Waals surface area contributed by atoms with Crippen LogP contribution in [-0.2, 0) is 12.5 Å². The number of aromatic nitrogens is 1. The average Bonchev–Trinajstić information content (AvgIpc) is 2.77. The Morgan fingerprint density at radius 1 is 1.30 bits per heavy atom. The summed E-state index contributed by atoms with van der Waals surface area (Å²) in [5.41, 5.74) is 2.72. The fraction of sp³-hybridized carbons (Fsp3) is 0.529. The minimum absolute atomic E-state index is 0.121. The lowest BCUT2D eigenvalue weighted by Gasteiger charge is -2.25. The van der Waals surface area contributed by atoms with Crippen LogP contribution in [0.5, 0.6) is 5.75 Å². The van der Waals surface area contributed by atoms with Crippen molar-refractivity contribution in [2.24, 2.45) is 7.05 Å². The zero-order chi connectivity index (χ0) is 14.8. The summed E-state index contributed by atoms with van der Waals surface area (Å²) in [5, 5.41) is 4.67. The molecule has 2 aromatic rings. The van der Waals surface area contributed by atoms with Crippen molar-refractivity contribution in [3.8, 4) is 5.75 Å². The third kappa shape index (κ3) is 2.68. The third-order valence-electron chi connectivity index (χ3n) is 4.10. The van der Waals surface area contributed by atoms with Crippen LogP contribution in [0.15, 0.2) is 24.4 Å². The van der Waals surface area contributed by atoms with Crippen LogP contribution in [0, 0.1) is 0 Å². The van der Waals surface area contributed by atoms with Gasteiger partial charge >= 0.3 is 0 Å². The molecule has 1 N–H and O–H groups in total. The number of hydrogen-bond donors (Lipinski definition) is 1. The number of ether oxygens (including phenoxy) is 1. The van der Waals surface area contributed by atoms with Crippen molar-refractivity contribution in [1.29, 1.82) is 0 Å². The molecule has 0 amide bonds. The summed E-state index contributed by atoms with van der Waals surface area (Å²) in [4.78, 5) is 0. The number of rotatable bonds is 6. The SMILES string of the molecule is CCNCCC(C)(C)c1cn(C)c2cccc(OC)c12. The monoisotopic (exact) mass is 274 g/mol. The van der Waals surface area contributed by atoms with Crippen LogP contribution in [0.1, 0.15) is 32.8 Å². The second kappa shape index (κ2) is 5.88. The Bertz CT molecular complexity index is 584. The largest absolute Gasteiger partial charge is 0.496 e. The molecule has 1 heterocycles. The highest BCUT2D eigenvalue weighted by molar-refractivity contribution is 5.90. The first-order valence-electron chi connectivity index (χ1n) is 7.34. The van der Waals surface area contributed by atoms with Crippen molar-refractivity contribution in [3.05, 3.63) is 30.0 Å². The number of benzene rings is 1. The van der Waals surface area contributed by atoms with Crippen LogP contribution < -0.4 is 10.1 Å². The van der Waals surface area contributed by atoms with Crippen LogP contribution in [0.25, 0.3) is 10.9 Å². The zero-order valence-corrected chi connectivity index (χ0v) is 13.3. The highest BCUT2D eigenvalue weighted by Crippen LogP contribution is 2.38. The van der Waals surface area contributed by atoms with E-state index < -0.39 is 0 Å². The van der Waals surface area contributed by atoms with E-state index in [2.05, 4.69) is 56.0 Å². The third-order valence-corrected chi connectivity index (χ3v) is 4.10. The maximum Gasteiger partial charge on any atom is 0.128 e. The fourth-order valence-corrected chi connectivity index (χ4v) is 2.81. The van der Waals surface area contributed by atoms with E-state index in [9.17, 15) is 0 Å². The summed E-state index contributed by atoms with van der Waals surface area (Å²) in [5.74, 6) is 0.967. The smallest absolute Gasteiger partial charge is 0.128 e. The van der Waals surface area contributed by atoms with Gasteiger partial charge in [-0.2, -0.15) is 0 Å². The van der Waals surface area contributed by atoms with Gasteiger partial charge in [0.15, 0.2) is 0 Å². The molecule has 0 aliphatic rings. The van der Waals surface area contributed by atoms with Crippen LogP contribution in [0.2, 0.25) is 0 Å². The van der Waals surface area contributed by atoms with Gasteiger partial charge in [-0.15, -0.1) is 0 Å². The van der Waals surface area contributed by atoms with E-state index in [1.165, 1.54) is 16.5 Å². The fourth-order valence-electron chi connectivity index (χ4n) is 2.81. The summed E-state index contributed by atoms with van der Waals surface area (Å²) in [6.45, 7) is 8.83. The number of nitrogens with zero attached hydrogens (tertiary/aromatic N) is 1. The van der Waals surface area contributed by atoms with E-state index in [-0.39, 0.29) is 5.41 Å². The van der Waals surface area contributed by atoms with Crippen molar-refractivity contribution in [2.75, 3.05) is 20.2 Å². The molecule has 0 fully saturated rings. The highest BCUT2D eigenvalue weighted by atomic mass is 16.5. The summed E-state index contributed by atoms with van der Waals surface area (Å²) in [7, 11) is 3.85. The quantitative estimate of drug-likeness (QED) is 0.816. The summed E-state index contributed by atoms with van der Waals surface area (Å²) in [6.07, 6.45) is 3.36. The molecule has 0 saturated heterocycles. The first-order chi connectivity index (χ1) is 9.51. The van der Waals surface area contributed by atoms with E-state index in [1.807, 2.05) is 6.07 Å². The van der Waals surface area contributed by atoms with Gasteiger partial charge in [-0.1, -0.05) is 26.8 Å². The lowest BCUT2D eigenvalue weighted by Crippen LogP contribution is -2.25. The van der Waals surface area contributed by atoms with E-state index >= 15 is 0 Å². The van der Waals surface area contributed by atoms with Crippen molar-refractivity contribution in [1.82, 2.24) is 9.88 Å². The minimum Gasteiger partial charge on any atom is -0.496 e. The van der Waals surface area contributed by atoms with Crippen LogP contribution in [0.3, 0.4) is 0 Å². The summed E-state index contributed by atoms with van der Waals surface area (Å²) >= 11 is 0. The number of fused-ring (bicyclic) bond motifs is 1. The van der Waals surface area contributed by atoms with Gasteiger partial charge < -0.3 is 14.6 Å². The summed E-state index contributed by atoms with van der Waals surface area (Å²) < 4.78 is 7.77. The molecular formula is C17H26N2O. The van der Waals surface area contributed by atoms with Gasteiger partial charge in [0, 0.05) is 18.6 Å². The van der Waals surface area contributed by atoms with E-state index in [1.54, 1.807) is 7.11 Å². The first-order valence-corrected chi connectivity index (χ1v) is 7.34. The first kappa shape index (κ1) is 14.9. The molecule has 0 saturated carbocycles. The van der Waals surface area contributed by atoms with Gasteiger partial charge in [0.1, 0.15) is 5.75 Å². The molecule has 0 aliphatic heterocycles. The molecule has 2 rings (SSSR count). The predicted octanol–water partition coefficient (Wildman–Crippen LogP) is 3.46. The Labute approximate surface area is 121 Å². The second-order valence-electron chi connectivity index (χ2n) is 6.00. The van der Waals surface area contributed by atoms with Crippen LogP contribution >= 0.6 is 0 Å². The van der Waals surface area contributed by atoms with Gasteiger partial charge in [0.25, 0.3) is 0 Å². The molecule has 0 unspecified atom stereocenters. The van der Waals surface area contributed by atoms with E-state index in [4.69, 9.17) is 4.74 Å². The molecule has 1 aromatic heterocycles. The lowest BCUT2D eigenvalue weighted by molar-refractivity contribution is 0.417. The topological polar surface area (TPSA) is 26.2 Å². The van der Waals surface area contributed by atoms with Gasteiger partial charge in [-0.25, -0.2) is 0 Å².